The van der Waals surface area contributed by atoms with E-state index in [1.165, 1.54) is 0 Å². The van der Waals surface area contributed by atoms with Crippen LogP contribution in [-0.4, -0.2) is 23.9 Å². The normalized spacial score (nSPS) is 15.5. The summed E-state index contributed by atoms with van der Waals surface area (Å²) in [6.45, 7) is 1.40. The largest absolute Gasteiger partial charge is 0.422 e. The summed E-state index contributed by atoms with van der Waals surface area (Å²) in [5.74, 6) is -0.247. The molecule has 0 atom stereocenters. The number of amides is 1. The highest BCUT2D eigenvalue weighted by molar-refractivity contribution is 5.97. The fraction of sp³-hybridized carbons (Fsp3) is 0.333. The highest BCUT2D eigenvalue weighted by Gasteiger charge is 2.22. The minimum Gasteiger partial charge on any atom is -0.422 e. The molecule has 0 aliphatic carbocycles. The molecule has 0 spiro atoms. The minimum atomic E-state index is -0.585. The third kappa shape index (κ3) is 2.27. The fourth-order valence-electron chi connectivity index (χ4n) is 2.56. The molecule has 5 nitrogen and oxygen atoms in total. The monoisotopic (exact) mass is 272 g/mol. The van der Waals surface area contributed by atoms with Gasteiger partial charge in [-0.2, -0.15) is 0 Å². The smallest absolute Gasteiger partial charge is 0.349 e. The molecule has 104 valence electrons. The molecule has 20 heavy (non-hydrogen) atoms. The van der Waals surface area contributed by atoms with Crippen molar-refractivity contribution in [3.8, 4) is 0 Å². The Hall–Kier alpha value is -2.30. The van der Waals surface area contributed by atoms with Crippen LogP contribution in [0.3, 0.4) is 0 Å². The predicted molar refractivity (Wildman–Crippen MR) is 76.7 cm³/mol. The lowest BCUT2D eigenvalue weighted by Crippen LogP contribution is -2.37. The van der Waals surface area contributed by atoms with E-state index in [-0.39, 0.29) is 11.5 Å². The Balaban J connectivity index is 2.03. The third-order valence-corrected chi connectivity index (χ3v) is 3.63. The van der Waals surface area contributed by atoms with E-state index >= 15 is 0 Å². The van der Waals surface area contributed by atoms with Crippen molar-refractivity contribution in [3.05, 3.63) is 40.2 Å². The van der Waals surface area contributed by atoms with Gasteiger partial charge in [-0.3, -0.25) is 4.79 Å². The third-order valence-electron chi connectivity index (χ3n) is 3.63. The first-order valence-electron chi connectivity index (χ1n) is 6.78. The number of nitrogens with zero attached hydrogens (tertiary/aromatic N) is 1. The Morgan fingerprint density at radius 2 is 1.90 bits per heavy atom. The lowest BCUT2D eigenvalue weighted by molar-refractivity contribution is 0.0720. The standard InChI is InChI=1S/C15H16N2O3/c16-11-4-5-13-10(8-11)9-12(15(19)20-13)14(18)17-6-2-1-3-7-17/h4-5,8-9H,1-3,6-7,16H2. The average molecular weight is 272 g/mol. The van der Waals surface area contributed by atoms with Crippen molar-refractivity contribution >= 4 is 22.6 Å². The number of benzene rings is 1. The molecule has 2 heterocycles. The number of rotatable bonds is 1. The van der Waals surface area contributed by atoms with Gasteiger partial charge in [0, 0.05) is 24.2 Å². The van der Waals surface area contributed by atoms with Gasteiger partial charge >= 0.3 is 5.63 Å². The molecule has 1 aromatic carbocycles. The van der Waals surface area contributed by atoms with E-state index in [1.54, 1.807) is 29.2 Å². The summed E-state index contributed by atoms with van der Waals surface area (Å²) >= 11 is 0. The first-order valence-corrected chi connectivity index (χ1v) is 6.78. The van der Waals surface area contributed by atoms with Gasteiger partial charge < -0.3 is 15.1 Å². The maximum atomic E-state index is 12.4. The van der Waals surface area contributed by atoms with Crippen LogP contribution >= 0.6 is 0 Å². The summed E-state index contributed by atoms with van der Waals surface area (Å²) in [5.41, 5.74) is 6.23. The van der Waals surface area contributed by atoms with Crippen molar-refractivity contribution in [2.75, 3.05) is 18.8 Å². The maximum absolute atomic E-state index is 12.4. The molecule has 1 aromatic heterocycles. The number of nitrogens with two attached hydrogens (primary N) is 1. The quantitative estimate of drug-likeness (QED) is 0.636. The maximum Gasteiger partial charge on any atom is 0.349 e. The molecule has 2 N–H and O–H groups in total. The van der Waals surface area contributed by atoms with E-state index in [0.29, 0.717) is 29.7 Å². The van der Waals surface area contributed by atoms with Crippen LogP contribution in [0.5, 0.6) is 0 Å². The highest BCUT2D eigenvalue weighted by Crippen LogP contribution is 2.18. The van der Waals surface area contributed by atoms with Crippen molar-refractivity contribution in [2.45, 2.75) is 19.3 Å². The topological polar surface area (TPSA) is 76.5 Å². The number of nitrogen functional groups attached to an aromatic ring is 1. The number of carbonyl (C=O) groups is 1. The van der Waals surface area contributed by atoms with Gasteiger partial charge in [0.15, 0.2) is 0 Å². The summed E-state index contributed by atoms with van der Waals surface area (Å²) in [4.78, 5) is 26.1. The SMILES string of the molecule is Nc1ccc2oc(=O)c(C(=O)N3CCCCC3)cc2c1. The second kappa shape index (κ2) is 5.00. The highest BCUT2D eigenvalue weighted by atomic mass is 16.4. The second-order valence-corrected chi connectivity index (χ2v) is 5.10. The molecular weight excluding hydrogens is 256 g/mol. The van der Waals surface area contributed by atoms with Crippen LogP contribution in [-0.2, 0) is 0 Å². The van der Waals surface area contributed by atoms with E-state index in [9.17, 15) is 9.59 Å². The molecule has 1 aliphatic rings. The van der Waals surface area contributed by atoms with Crippen LogP contribution in [0.4, 0.5) is 5.69 Å². The summed E-state index contributed by atoms with van der Waals surface area (Å²) in [6, 6.07) is 6.58. The molecule has 2 aromatic rings. The Morgan fingerprint density at radius 1 is 1.15 bits per heavy atom. The fourth-order valence-corrected chi connectivity index (χ4v) is 2.56. The molecule has 1 fully saturated rings. The zero-order chi connectivity index (χ0) is 14.1. The zero-order valence-electron chi connectivity index (χ0n) is 11.1. The lowest BCUT2D eigenvalue weighted by Gasteiger charge is -2.26. The molecule has 0 saturated carbocycles. The van der Waals surface area contributed by atoms with Crippen LogP contribution in [0, 0.1) is 0 Å². The van der Waals surface area contributed by atoms with E-state index in [0.717, 1.165) is 19.3 Å². The van der Waals surface area contributed by atoms with E-state index < -0.39 is 5.63 Å². The summed E-state index contributed by atoms with van der Waals surface area (Å²) < 4.78 is 5.20. The van der Waals surface area contributed by atoms with Gasteiger partial charge in [-0.25, -0.2) is 4.79 Å². The first-order chi connectivity index (χ1) is 9.65. The van der Waals surface area contributed by atoms with Gasteiger partial charge in [0.05, 0.1) is 0 Å². The van der Waals surface area contributed by atoms with E-state index in [4.69, 9.17) is 10.2 Å². The lowest BCUT2D eigenvalue weighted by atomic mass is 10.1. The molecule has 3 rings (SSSR count). The summed E-state index contributed by atoms with van der Waals surface area (Å²) in [5, 5.41) is 0.671. The van der Waals surface area contributed by atoms with Crippen molar-refractivity contribution in [1.29, 1.82) is 0 Å². The zero-order valence-corrected chi connectivity index (χ0v) is 11.1. The summed E-state index contributed by atoms with van der Waals surface area (Å²) in [7, 11) is 0. The number of fused-ring (bicyclic) bond motifs is 1. The van der Waals surface area contributed by atoms with Crippen LogP contribution in [0.25, 0.3) is 11.0 Å². The van der Waals surface area contributed by atoms with E-state index in [2.05, 4.69) is 0 Å². The Bertz CT molecular complexity index is 715. The predicted octanol–water partition coefficient (Wildman–Crippen LogP) is 2.00. The number of piperidine rings is 1. The van der Waals surface area contributed by atoms with Crippen LogP contribution in [0.1, 0.15) is 29.6 Å². The average Bonchev–Trinajstić information content (AvgIpc) is 2.47. The molecule has 0 unspecified atom stereocenters. The van der Waals surface area contributed by atoms with Gasteiger partial charge in [-0.15, -0.1) is 0 Å². The molecule has 1 saturated heterocycles. The molecule has 1 aliphatic heterocycles. The van der Waals surface area contributed by atoms with Crippen molar-refractivity contribution in [2.24, 2.45) is 0 Å². The van der Waals surface area contributed by atoms with Gasteiger partial charge in [0.25, 0.3) is 5.91 Å². The van der Waals surface area contributed by atoms with Crippen LogP contribution in [0.15, 0.2) is 33.5 Å². The first kappa shape index (κ1) is 12.7. The van der Waals surface area contributed by atoms with Crippen molar-refractivity contribution in [1.82, 2.24) is 4.90 Å². The molecular formula is C15H16N2O3. The second-order valence-electron chi connectivity index (χ2n) is 5.10. The summed E-state index contributed by atoms with van der Waals surface area (Å²) in [6.07, 6.45) is 3.10. The van der Waals surface area contributed by atoms with Gasteiger partial charge in [0.2, 0.25) is 0 Å². The van der Waals surface area contributed by atoms with E-state index in [1.807, 2.05) is 0 Å². The number of anilines is 1. The van der Waals surface area contributed by atoms with Gasteiger partial charge in [-0.05, 0) is 43.5 Å². The number of hydrogen-bond donors (Lipinski definition) is 1. The Kier molecular flexibility index (Phi) is 3.18. The molecule has 0 bridgehead atoms. The van der Waals surface area contributed by atoms with Crippen molar-refractivity contribution < 1.29 is 9.21 Å². The minimum absolute atomic E-state index is 0.0880. The Labute approximate surface area is 116 Å². The number of likely N-dealkylation sites (tertiary alicyclic amines) is 1. The van der Waals surface area contributed by atoms with Crippen molar-refractivity contribution in [3.63, 3.8) is 0 Å². The van der Waals surface area contributed by atoms with Crippen LogP contribution < -0.4 is 11.4 Å². The van der Waals surface area contributed by atoms with Gasteiger partial charge in [-0.1, -0.05) is 0 Å². The molecule has 0 radical (unpaired) electrons. The Morgan fingerprint density at radius 3 is 2.65 bits per heavy atom. The molecule has 5 heteroatoms. The van der Waals surface area contributed by atoms with Crippen LogP contribution in [0.2, 0.25) is 0 Å². The van der Waals surface area contributed by atoms with Gasteiger partial charge in [0.1, 0.15) is 11.1 Å². The molecule has 1 amide bonds. The number of hydrogen-bond acceptors (Lipinski definition) is 4. The number of carbonyl (C=O) groups excluding carboxylic acids is 1.